The number of aryl methyl sites for hydroxylation is 1. The highest BCUT2D eigenvalue weighted by Gasteiger charge is 2.55. The summed E-state index contributed by atoms with van der Waals surface area (Å²) in [6.45, 7) is 2.45. The number of ether oxygens (including phenoxy) is 1. The Morgan fingerprint density at radius 3 is 2.64 bits per heavy atom. The van der Waals surface area contributed by atoms with Crippen molar-refractivity contribution < 1.29 is 24.2 Å². The Kier molecular flexibility index (Phi) is 4.76. The van der Waals surface area contributed by atoms with Crippen LogP contribution < -0.4 is 10.6 Å². The first-order valence-electron chi connectivity index (χ1n) is 8.43. The molecular formula is C16H22N4O5. The summed E-state index contributed by atoms with van der Waals surface area (Å²) < 4.78 is 6.99. The van der Waals surface area contributed by atoms with Crippen molar-refractivity contribution in [1.82, 2.24) is 15.1 Å². The van der Waals surface area contributed by atoms with Gasteiger partial charge in [0.05, 0.1) is 35.9 Å². The molecule has 2 aliphatic rings. The van der Waals surface area contributed by atoms with Crippen LogP contribution in [0.2, 0.25) is 0 Å². The zero-order valence-corrected chi connectivity index (χ0v) is 14.2. The zero-order valence-electron chi connectivity index (χ0n) is 14.2. The van der Waals surface area contributed by atoms with Gasteiger partial charge in [-0.15, -0.1) is 0 Å². The van der Waals surface area contributed by atoms with Crippen molar-refractivity contribution in [3.8, 4) is 0 Å². The molecule has 2 amide bonds. The second-order valence-electron chi connectivity index (χ2n) is 6.46. The van der Waals surface area contributed by atoms with Gasteiger partial charge in [-0.2, -0.15) is 5.10 Å². The molecule has 2 saturated heterocycles. The van der Waals surface area contributed by atoms with Crippen LogP contribution in [0.1, 0.15) is 36.7 Å². The van der Waals surface area contributed by atoms with E-state index in [1.165, 1.54) is 10.9 Å². The van der Waals surface area contributed by atoms with E-state index in [4.69, 9.17) is 4.74 Å². The lowest BCUT2D eigenvalue weighted by Gasteiger charge is -2.23. The SMILES string of the molecule is CCCNC(=O)c1c(NC(=O)[C@@H]2[C@@H](C(=O)O)[C@@H]3CC[C@@H]2O3)cnn1C. The molecule has 0 aromatic carbocycles. The Morgan fingerprint density at radius 1 is 1.32 bits per heavy atom. The van der Waals surface area contributed by atoms with Gasteiger partial charge >= 0.3 is 5.97 Å². The molecule has 3 heterocycles. The monoisotopic (exact) mass is 350 g/mol. The van der Waals surface area contributed by atoms with Crippen molar-refractivity contribution in [3.63, 3.8) is 0 Å². The Hall–Kier alpha value is -2.42. The van der Waals surface area contributed by atoms with Crippen LogP contribution in [0, 0.1) is 11.8 Å². The number of rotatable bonds is 6. The predicted molar refractivity (Wildman–Crippen MR) is 87.0 cm³/mol. The molecular weight excluding hydrogens is 328 g/mol. The van der Waals surface area contributed by atoms with E-state index in [2.05, 4.69) is 15.7 Å². The summed E-state index contributed by atoms with van der Waals surface area (Å²) in [5, 5.41) is 18.9. The third kappa shape index (κ3) is 3.11. The summed E-state index contributed by atoms with van der Waals surface area (Å²) in [4.78, 5) is 36.5. The fourth-order valence-electron chi connectivity index (χ4n) is 3.66. The summed E-state index contributed by atoms with van der Waals surface area (Å²) in [5.74, 6) is -3.43. The lowest BCUT2D eigenvalue weighted by atomic mass is 9.78. The summed E-state index contributed by atoms with van der Waals surface area (Å²) in [5.41, 5.74) is 0.505. The molecule has 0 radical (unpaired) electrons. The lowest BCUT2D eigenvalue weighted by molar-refractivity contribution is -0.147. The smallest absolute Gasteiger partial charge is 0.310 e. The number of nitrogens with zero attached hydrogens (tertiary/aromatic N) is 2. The van der Waals surface area contributed by atoms with Gasteiger partial charge in [0.1, 0.15) is 5.69 Å². The number of amides is 2. The molecule has 0 spiro atoms. The van der Waals surface area contributed by atoms with E-state index in [1.807, 2.05) is 6.92 Å². The number of anilines is 1. The van der Waals surface area contributed by atoms with Crippen LogP contribution >= 0.6 is 0 Å². The Balaban J connectivity index is 1.77. The number of aromatic nitrogens is 2. The maximum absolute atomic E-state index is 12.7. The van der Waals surface area contributed by atoms with Crippen LogP contribution in [0.25, 0.3) is 0 Å². The topological polar surface area (TPSA) is 123 Å². The highest BCUT2D eigenvalue weighted by Crippen LogP contribution is 2.44. The average molecular weight is 350 g/mol. The minimum Gasteiger partial charge on any atom is -0.481 e. The number of carbonyl (C=O) groups is 3. The van der Waals surface area contributed by atoms with Crippen LogP contribution in [0.15, 0.2) is 6.20 Å². The van der Waals surface area contributed by atoms with Crippen molar-refractivity contribution in [3.05, 3.63) is 11.9 Å². The van der Waals surface area contributed by atoms with E-state index < -0.39 is 29.8 Å². The molecule has 4 atom stereocenters. The largest absolute Gasteiger partial charge is 0.481 e. The van der Waals surface area contributed by atoms with Crippen LogP contribution in [0.3, 0.4) is 0 Å². The number of hydrogen-bond donors (Lipinski definition) is 3. The van der Waals surface area contributed by atoms with Gasteiger partial charge in [0.25, 0.3) is 5.91 Å². The molecule has 2 bridgehead atoms. The molecule has 2 fully saturated rings. The number of carboxylic acid groups (broad SMARTS) is 1. The number of carbonyl (C=O) groups excluding carboxylic acids is 2. The van der Waals surface area contributed by atoms with Gasteiger partial charge in [-0.25, -0.2) is 0 Å². The van der Waals surface area contributed by atoms with E-state index in [9.17, 15) is 19.5 Å². The van der Waals surface area contributed by atoms with Crippen molar-refractivity contribution in [2.24, 2.45) is 18.9 Å². The molecule has 9 nitrogen and oxygen atoms in total. The van der Waals surface area contributed by atoms with Gasteiger partial charge in [0.2, 0.25) is 5.91 Å². The van der Waals surface area contributed by atoms with Gasteiger partial charge in [-0.3, -0.25) is 19.1 Å². The molecule has 3 rings (SSSR count). The first kappa shape index (κ1) is 17.4. The third-order valence-electron chi connectivity index (χ3n) is 4.81. The molecule has 1 aromatic heterocycles. The molecule has 0 unspecified atom stereocenters. The predicted octanol–water partition coefficient (Wildman–Crippen LogP) is 0.377. The maximum atomic E-state index is 12.7. The maximum Gasteiger partial charge on any atom is 0.310 e. The third-order valence-corrected chi connectivity index (χ3v) is 4.81. The van der Waals surface area contributed by atoms with Crippen LogP contribution in [-0.4, -0.2) is 51.4 Å². The zero-order chi connectivity index (χ0) is 18.1. The van der Waals surface area contributed by atoms with E-state index >= 15 is 0 Å². The van der Waals surface area contributed by atoms with Gasteiger partial charge in [0.15, 0.2) is 0 Å². The van der Waals surface area contributed by atoms with Gasteiger partial charge in [0, 0.05) is 13.6 Å². The minimum atomic E-state index is -1.03. The van der Waals surface area contributed by atoms with Crippen LogP contribution in [0.5, 0.6) is 0 Å². The summed E-state index contributed by atoms with van der Waals surface area (Å²) in [7, 11) is 1.61. The Morgan fingerprint density at radius 2 is 2.00 bits per heavy atom. The van der Waals surface area contributed by atoms with Gasteiger partial charge < -0.3 is 20.5 Å². The number of carboxylic acids is 1. The van der Waals surface area contributed by atoms with Crippen LogP contribution in [0.4, 0.5) is 5.69 Å². The number of fused-ring (bicyclic) bond motifs is 2. The van der Waals surface area contributed by atoms with Crippen molar-refractivity contribution in [2.45, 2.75) is 38.4 Å². The van der Waals surface area contributed by atoms with E-state index in [0.29, 0.717) is 19.4 Å². The normalized spacial score (nSPS) is 27.3. The first-order chi connectivity index (χ1) is 11.9. The van der Waals surface area contributed by atoms with Crippen molar-refractivity contribution in [1.29, 1.82) is 0 Å². The summed E-state index contributed by atoms with van der Waals surface area (Å²) in [6, 6.07) is 0. The highest BCUT2D eigenvalue weighted by atomic mass is 16.5. The fourth-order valence-corrected chi connectivity index (χ4v) is 3.66. The Labute approximate surface area is 144 Å². The molecule has 0 aliphatic carbocycles. The molecule has 1 aromatic rings. The van der Waals surface area contributed by atoms with Crippen LogP contribution in [-0.2, 0) is 21.4 Å². The van der Waals surface area contributed by atoms with Gasteiger partial charge in [-0.1, -0.05) is 6.92 Å². The first-order valence-corrected chi connectivity index (χ1v) is 8.43. The summed E-state index contributed by atoms with van der Waals surface area (Å²) in [6.07, 6.45) is 2.70. The van der Waals surface area contributed by atoms with Crippen molar-refractivity contribution in [2.75, 3.05) is 11.9 Å². The molecule has 0 saturated carbocycles. The quantitative estimate of drug-likeness (QED) is 0.681. The molecule has 136 valence electrons. The van der Waals surface area contributed by atoms with Gasteiger partial charge in [-0.05, 0) is 19.3 Å². The molecule has 2 aliphatic heterocycles. The standard InChI is InChI=1S/C16H22N4O5/c1-3-6-17-15(22)13-8(7-18-20(13)2)19-14(21)11-9-4-5-10(25-9)12(11)16(23)24/h7,9-12H,3-6H2,1-2H3,(H,17,22)(H,19,21)(H,23,24)/t9-,10-,11-,12-/m0/s1. The Bertz CT molecular complexity index is 701. The van der Waals surface area contributed by atoms with E-state index in [1.54, 1.807) is 7.05 Å². The summed E-state index contributed by atoms with van der Waals surface area (Å²) >= 11 is 0. The lowest BCUT2D eigenvalue weighted by Crippen LogP contribution is -2.41. The molecule has 25 heavy (non-hydrogen) atoms. The number of nitrogens with one attached hydrogen (secondary N) is 2. The fraction of sp³-hybridized carbons (Fsp3) is 0.625. The molecule has 3 N–H and O–H groups in total. The average Bonchev–Trinajstić information content (AvgIpc) is 3.26. The van der Waals surface area contributed by atoms with E-state index in [-0.39, 0.29) is 23.4 Å². The second-order valence-corrected chi connectivity index (χ2v) is 6.46. The highest BCUT2D eigenvalue weighted by molar-refractivity contribution is 6.03. The number of hydrogen-bond acceptors (Lipinski definition) is 5. The second kappa shape index (κ2) is 6.83. The van der Waals surface area contributed by atoms with Crippen molar-refractivity contribution >= 4 is 23.5 Å². The minimum absolute atomic E-state index is 0.234. The molecule has 9 heteroatoms. The number of aliphatic carboxylic acids is 1. The van der Waals surface area contributed by atoms with E-state index in [0.717, 1.165) is 6.42 Å².